The van der Waals surface area contributed by atoms with Gasteiger partial charge in [0.05, 0.1) is 15.5 Å². The molecule has 0 N–H and O–H groups in total. The molecule has 0 bridgehead atoms. The largest absolute Gasteiger partial charge is 0.419 e. The highest BCUT2D eigenvalue weighted by Crippen LogP contribution is 2.41. The summed E-state index contributed by atoms with van der Waals surface area (Å²) < 4.78 is 7.96. The van der Waals surface area contributed by atoms with Crippen molar-refractivity contribution in [3.8, 4) is 10.8 Å². The van der Waals surface area contributed by atoms with Crippen LogP contribution in [0.3, 0.4) is 0 Å². The zero-order chi connectivity index (χ0) is 21.7. The van der Waals surface area contributed by atoms with E-state index in [-0.39, 0.29) is 16.9 Å². The summed E-state index contributed by atoms with van der Waals surface area (Å²) in [6, 6.07) is 4.19. The van der Waals surface area contributed by atoms with E-state index in [1.165, 1.54) is 36.1 Å². The van der Waals surface area contributed by atoms with Gasteiger partial charge in [-0.1, -0.05) is 30.7 Å². The Labute approximate surface area is 198 Å². The third-order valence-electron chi connectivity index (χ3n) is 6.48. The molecule has 2 aliphatic rings. The summed E-state index contributed by atoms with van der Waals surface area (Å²) in [5, 5.41) is 12.1. The molecule has 0 saturated heterocycles. The van der Waals surface area contributed by atoms with Crippen molar-refractivity contribution in [1.82, 2.24) is 19.7 Å². The molecule has 4 aromatic rings. The Morgan fingerprint density at radius 2 is 2.03 bits per heavy atom. The molecule has 0 spiro atoms. The second kappa shape index (κ2) is 8.43. The monoisotopic (exact) mass is 484 g/mol. The quantitative estimate of drug-likeness (QED) is 0.240. The smallest absolute Gasteiger partial charge is 0.263 e. The van der Waals surface area contributed by atoms with Gasteiger partial charge in [0.25, 0.3) is 11.4 Å². The van der Waals surface area contributed by atoms with Gasteiger partial charge in [0.1, 0.15) is 4.83 Å². The summed E-state index contributed by atoms with van der Waals surface area (Å²) in [6.07, 6.45) is 8.89. The van der Waals surface area contributed by atoms with Gasteiger partial charge < -0.3 is 4.42 Å². The zero-order valence-corrected chi connectivity index (χ0v) is 20.3. The lowest BCUT2D eigenvalue weighted by molar-refractivity contribution is 0.456. The van der Waals surface area contributed by atoms with Crippen molar-refractivity contribution in [3.63, 3.8) is 0 Å². The summed E-state index contributed by atoms with van der Waals surface area (Å²) in [5.74, 6) is 1.11. The summed E-state index contributed by atoms with van der Waals surface area (Å²) in [4.78, 5) is 22.1. The number of rotatable bonds is 5. The topological polar surface area (TPSA) is 73.8 Å². The van der Waals surface area contributed by atoms with Crippen LogP contribution in [0.4, 0.5) is 0 Å². The lowest BCUT2D eigenvalue weighted by Crippen LogP contribution is -2.27. The van der Waals surface area contributed by atoms with Gasteiger partial charge in [0.2, 0.25) is 5.89 Å². The maximum Gasteiger partial charge on any atom is 0.263 e. The zero-order valence-electron chi connectivity index (χ0n) is 17.9. The molecule has 1 atom stereocenters. The summed E-state index contributed by atoms with van der Waals surface area (Å²) in [6.45, 7) is 2.05. The first kappa shape index (κ1) is 20.6. The van der Waals surface area contributed by atoms with Crippen LogP contribution >= 0.6 is 34.4 Å². The maximum absolute atomic E-state index is 13.8. The van der Waals surface area contributed by atoms with E-state index in [1.807, 2.05) is 29.0 Å². The van der Waals surface area contributed by atoms with E-state index >= 15 is 0 Å². The van der Waals surface area contributed by atoms with Crippen LogP contribution < -0.4 is 5.56 Å². The predicted molar refractivity (Wildman–Crippen MR) is 130 cm³/mol. The van der Waals surface area contributed by atoms with Crippen molar-refractivity contribution in [3.05, 3.63) is 44.2 Å². The van der Waals surface area contributed by atoms with Crippen LogP contribution in [0.5, 0.6) is 0 Å². The van der Waals surface area contributed by atoms with Crippen LogP contribution in [0.15, 0.2) is 31.9 Å². The number of aromatic nitrogens is 4. The van der Waals surface area contributed by atoms with Gasteiger partial charge in [-0.15, -0.1) is 32.9 Å². The van der Waals surface area contributed by atoms with Gasteiger partial charge in [-0.3, -0.25) is 9.36 Å². The fourth-order valence-corrected chi connectivity index (χ4v) is 7.83. The third kappa shape index (κ3) is 3.54. The van der Waals surface area contributed by atoms with Crippen LogP contribution in [-0.2, 0) is 12.8 Å². The molecule has 9 heteroatoms. The van der Waals surface area contributed by atoms with Crippen LogP contribution in [0, 0.1) is 0 Å². The van der Waals surface area contributed by atoms with E-state index < -0.39 is 0 Å². The normalized spacial score (nSPS) is 17.8. The molecule has 2 aliphatic carbocycles. The van der Waals surface area contributed by atoms with Crippen molar-refractivity contribution in [2.75, 3.05) is 0 Å². The van der Waals surface area contributed by atoms with Crippen LogP contribution in [0.25, 0.3) is 21.0 Å². The van der Waals surface area contributed by atoms with E-state index in [1.54, 1.807) is 34.4 Å². The Hall–Kier alpha value is -1.97. The molecule has 0 aliphatic heterocycles. The van der Waals surface area contributed by atoms with Crippen molar-refractivity contribution >= 4 is 44.7 Å². The van der Waals surface area contributed by atoms with Gasteiger partial charge in [0.15, 0.2) is 5.16 Å². The highest BCUT2D eigenvalue weighted by molar-refractivity contribution is 7.99. The van der Waals surface area contributed by atoms with Crippen molar-refractivity contribution in [2.24, 2.45) is 0 Å². The van der Waals surface area contributed by atoms with Gasteiger partial charge in [-0.2, -0.15) is 0 Å². The molecular formula is C23H24N4O2S3. The Bertz CT molecular complexity index is 1320. The summed E-state index contributed by atoms with van der Waals surface area (Å²) >= 11 is 4.86. The van der Waals surface area contributed by atoms with E-state index in [0.717, 1.165) is 45.9 Å². The predicted octanol–water partition coefficient (Wildman–Crippen LogP) is 6.42. The molecule has 4 aromatic heterocycles. The van der Waals surface area contributed by atoms with Gasteiger partial charge in [0, 0.05) is 10.9 Å². The molecule has 6 rings (SSSR count). The van der Waals surface area contributed by atoms with Crippen LogP contribution in [0.1, 0.15) is 73.1 Å². The number of aryl methyl sites for hydroxylation is 2. The third-order valence-corrected chi connectivity index (χ3v) is 9.58. The molecule has 1 saturated carbocycles. The van der Waals surface area contributed by atoms with Crippen molar-refractivity contribution < 1.29 is 4.42 Å². The molecular weight excluding hydrogens is 460 g/mol. The SMILES string of the molecule is CC(Sc1nc2sc3c(c2c(=O)n1C1CCCC1)CCCC3)c1nnc(-c2cccs2)o1. The average Bonchev–Trinajstić information content (AvgIpc) is 3.60. The van der Waals surface area contributed by atoms with E-state index in [4.69, 9.17) is 9.40 Å². The average molecular weight is 485 g/mol. The first-order valence-corrected chi connectivity index (χ1v) is 13.9. The molecule has 0 amide bonds. The molecule has 1 unspecified atom stereocenters. The fraction of sp³-hybridized carbons (Fsp3) is 0.478. The second-order valence-electron chi connectivity index (χ2n) is 8.58. The Balaban J connectivity index is 1.41. The Morgan fingerprint density at radius 1 is 1.19 bits per heavy atom. The molecule has 6 nitrogen and oxygen atoms in total. The number of nitrogens with zero attached hydrogens (tertiary/aromatic N) is 4. The first-order chi connectivity index (χ1) is 15.7. The van der Waals surface area contributed by atoms with Gasteiger partial charge in [-0.25, -0.2) is 4.98 Å². The standard InChI is InChI=1S/C23H24N4O2S3/c1-13(19-25-26-20(29-19)17-11-6-12-30-17)31-23-24-21-18(15-9-4-5-10-16(15)32-21)22(28)27(23)14-7-2-3-8-14/h6,11-14H,2-5,7-10H2,1H3. The van der Waals surface area contributed by atoms with Crippen molar-refractivity contribution in [2.45, 2.75) is 74.7 Å². The molecule has 1 fully saturated rings. The second-order valence-corrected chi connectivity index (χ2v) is 11.9. The first-order valence-electron chi connectivity index (χ1n) is 11.3. The van der Waals surface area contributed by atoms with E-state index in [9.17, 15) is 4.79 Å². The molecule has 32 heavy (non-hydrogen) atoms. The minimum absolute atomic E-state index is 0.0946. The van der Waals surface area contributed by atoms with E-state index in [0.29, 0.717) is 11.8 Å². The van der Waals surface area contributed by atoms with Crippen molar-refractivity contribution in [1.29, 1.82) is 0 Å². The minimum Gasteiger partial charge on any atom is -0.419 e. The van der Waals surface area contributed by atoms with Gasteiger partial charge >= 0.3 is 0 Å². The number of thioether (sulfide) groups is 1. The summed E-state index contributed by atoms with van der Waals surface area (Å²) in [5.41, 5.74) is 1.42. The lowest BCUT2D eigenvalue weighted by atomic mass is 9.97. The van der Waals surface area contributed by atoms with Crippen LogP contribution in [0.2, 0.25) is 0 Å². The molecule has 4 heterocycles. The lowest BCUT2D eigenvalue weighted by Gasteiger charge is -2.19. The van der Waals surface area contributed by atoms with E-state index in [2.05, 4.69) is 10.2 Å². The molecule has 0 radical (unpaired) electrons. The minimum atomic E-state index is -0.0946. The molecule has 166 valence electrons. The Kier molecular flexibility index (Phi) is 5.43. The van der Waals surface area contributed by atoms with Gasteiger partial charge in [-0.05, 0) is 62.5 Å². The fourth-order valence-electron chi connectivity index (χ4n) is 4.87. The number of fused-ring (bicyclic) bond motifs is 3. The maximum atomic E-state index is 13.8. The summed E-state index contributed by atoms with van der Waals surface area (Å²) in [7, 11) is 0. The Morgan fingerprint density at radius 3 is 2.84 bits per heavy atom. The highest BCUT2D eigenvalue weighted by Gasteiger charge is 2.28. The number of hydrogen-bond donors (Lipinski definition) is 0. The molecule has 0 aromatic carbocycles. The van der Waals surface area contributed by atoms with Crippen LogP contribution in [-0.4, -0.2) is 19.7 Å². The highest BCUT2D eigenvalue weighted by atomic mass is 32.2. The number of hydrogen-bond acceptors (Lipinski definition) is 8. The number of thiophene rings is 2.